The molecule has 0 radical (unpaired) electrons. The first-order valence-corrected chi connectivity index (χ1v) is 10.6. The van der Waals surface area contributed by atoms with Crippen molar-refractivity contribution in [1.82, 2.24) is 9.78 Å². The molecule has 0 unspecified atom stereocenters. The molecule has 4 rings (SSSR count). The summed E-state index contributed by atoms with van der Waals surface area (Å²) in [6.07, 6.45) is 3.25. The van der Waals surface area contributed by atoms with Gasteiger partial charge in [-0.15, -0.1) is 0 Å². The Balaban J connectivity index is 1.50. The molecule has 0 bridgehead atoms. The summed E-state index contributed by atoms with van der Waals surface area (Å²) >= 11 is 0. The van der Waals surface area contributed by atoms with Crippen molar-refractivity contribution in [2.75, 3.05) is 16.8 Å². The van der Waals surface area contributed by atoms with Gasteiger partial charge in [0.15, 0.2) is 0 Å². The Kier molecular flexibility index (Phi) is 6.34. The van der Waals surface area contributed by atoms with E-state index in [0.29, 0.717) is 13.0 Å². The lowest BCUT2D eigenvalue weighted by Crippen LogP contribution is -2.34. The van der Waals surface area contributed by atoms with Crippen LogP contribution in [0.25, 0.3) is 0 Å². The number of carbonyl (C=O) groups excluding carboxylic acids is 1. The fourth-order valence-corrected chi connectivity index (χ4v) is 3.89. The fourth-order valence-electron chi connectivity index (χ4n) is 3.89. The first kappa shape index (κ1) is 21.1. The minimum absolute atomic E-state index is 0.151. The molecular formula is C24H28N4O3. The number of hydrogen-bond donors (Lipinski definition) is 3. The fraction of sp³-hybridized carbons (Fsp3) is 0.333. The largest absolute Gasteiger partial charge is 0.391 e. The van der Waals surface area contributed by atoms with Crippen LogP contribution in [0.15, 0.2) is 67.0 Å². The van der Waals surface area contributed by atoms with Gasteiger partial charge in [0.2, 0.25) is 5.91 Å². The molecule has 1 saturated heterocycles. The highest BCUT2D eigenvalue weighted by Gasteiger charge is 2.26. The van der Waals surface area contributed by atoms with E-state index in [9.17, 15) is 15.0 Å². The SMILES string of the molecule is C[C@H](O)[C@@H](O)[C@H](Nc1ccc(N2CCCC2=O)cc1)c1ccc(Cn2cccn2)cc1. The standard InChI is InChI=1S/C24H28N4O3/c1-17(29)24(31)23(19-7-5-18(6-8-19)16-27-14-3-13-25-27)26-20-9-11-21(12-10-20)28-15-2-4-22(28)30/h3,5-14,17,23-24,26,29,31H,2,4,15-16H2,1H3/t17-,23+,24+/m0/s1. The molecule has 1 fully saturated rings. The Morgan fingerprint density at radius 1 is 1.10 bits per heavy atom. The molecule has 0 spiro atoms. The molecule has 7 nitrogen and oxygen atoms in total. The summed E-state index contributed by atoms with van der Waals surface area (Å²) in [7, 11) is 0. The predicted octanol–water partition coefficient (Wildman–Crippen LogP) is 2.95. The van der Waals surface area contributed by atoms with E-state index < -0.39 is 18.2 Å². The van der Waals surface area contributed by atoms with E-state index in [0.717, 1.165) is 35.5 Å². The van der Waals surface area contributed by atoms with Crippen molar-refractivity contribution in [3.63, 3.8) is 0 Å². The zero-order chi connectivity index (χ0) is 21.8. The molecule has 7 heteroatoms. The van der Waals surface area contributed by atoms with Gasteiger partial charge in [0.25, 0.3) is 0 Å². The summed E-state index contributed by atoms with van der Waals surface area (Å²) in [5, 5.41) is 28.3. The second-order valence-corrected chi connectivity index (χ2v) is 7.99. The lowest BCUT2D eigenvalue weighted by Gasteiger charge is -2.28. The Labute approximate surface area is 181 Å². The first-order chi connectivity index (χ1) is 15.0. The average molecular weight is 421 g/mol. The van der Waals surface area contributed by atoms with Crippen LogP contribution in [-0.4, -0.2) is 44.7 Å². The molecular weight excluding hydrogens is 392 g/mol. The molecule has 1 aliphatic heterocycles. The van der Waals surface area contributed by atoms with Gasteiger partial charge in [0.1, 0.15) is 6.10 Å². The molecule has 1 aliphatic rings. The van der Waals surface area contributed by atoms with Gasteiger partial charge in [-0.2, -0.15) is 5.10 Å². The van der Waals surface area contributed by atoms with E-state index in [-0.39, 0.29) is 5.91 Å². The van der Waals surface area contributed by atoms with E-state index in [1.807, 2.05) is 65.5 Å². The minimum Gasteiger partial charge on any atom is -0.391 e. The van der Waals surface area contributed by atoms with Gasteiger partial charge in [-0.05, 0) is 54.8 Å². The Bertz CT molecular complexity index is 985. The van der Waals surface area contributed by atoms with Gasteiger partial charge in [-0.1, -0.05) is 24.3 Å². The number of aromatic nitrogens is 2. The number of carbonyl (C=O) groups is 1. The van der Waals surface area contributed by atoms with E-state index in [4.69, 9.17) is 0 Å². The van der Waals surface area contributed by atoms with E-state index in [1.165, 1.54) is 0 Å². The Morgan fingerprint density at radius 2 is 1.84 bits per heavy atom. The Hall–Kier alpha value is -3.16. The van der Waals surface area contributed by atoms with Crippen molar-refractivity contribution < 1.29 is 15.0 Å². The first-order valence-electron chi connectivity index (χ1n) is 10.6. The molecule has 3 atom stereocenters. The normalized spacial score (nSPS) is 16.9. The number of hydrogen-bond acceptors (Lipinski definition) is 5. The van der Waals surface area contributed by atoms with Crippen LogP contribution in [0.2, 0.25) is 0 Å². The minimum atomic E-state index is -0.989. The van der Waals surface area contributed by atoms with Gasteiger partial charge >= 0.3 is 0 Å². The number of amides is 1. The summed E-state index contributed by atoms with van der Waals surface area (Å²) in [5.74, 6) is 0.151. The van der Waals surface area contributed by atoms with Crippen LogP contribution in [0.4, 0.5) is 11.4 Å². The summed E-state index contributed by atoms with van der Waals surface area (Å²) in [6.45, 7) is 2.99. The number of benzene rings is 2. The second-order valence-electron chi connectivity index (χ2n) is 7.99. The molecule has 3 aromatic rings. The molecule has 0 saturated carbocycles. The molecule has 1 aromatic heterocycles. The number of aliphatic hydroxyl groups is 2. The number of nitrogens with one attached hydrogen (secondary N) is 1. The lowest BCUT2D eigenvalue weighted by atomic mass is 9.96. The third-order valence-electron chi connectivity index (χ3n) is 5.65. The van der Waals surface area contributed by atoms with Crippen molar-refractivity contribution >= 4 is 17.3 Å². The van der Waals surface area contributed by atoms with Crippen LogP contribution in [0.5, 0.6) is 0 Å². The molecule has 2 heterocycles. The third-order valence-corrected chi connectivity index (χ3v) is 5.65. The second kappa shape index (κ2) is 9.32. The summed E-state index contributed by atoms with van der Waals surface area (Å²) in [4.78, 5) is 13.8. The third kappa shape index (κ3) is 4.95. The predicted molar refractivity (Wildman–Crippen MR) is 120 cm³/mol. The highest BCUT2D eigenvalue weighted by atomic mass is 16.3. The molecule has 31 heavy (non-hydrogen) atoms. The van der Waals surface area contributed by atoms with Gasteiger partial charge < -0.3 is 20.4 Å². The van der Waals surface area contributed by atoms with E-state index in [2.05, 4.69) is 10.4 Å². The lowest BCUT2D eigenvalue weighted by molar-refractivity contribution is -0.117. The van der Waals surface area contributed by atoms with Crippen LogP contribution < -0.4 is 10.2 Å². The topological polar surface area (TPSA) is 90.6 Å². The van der Waals surface area contributed by atoms with Crippen LogP contribution in [-0.2, 0) is 11.3 Å². The van der Waals surface area contributed by atoms with Crippen LogP contribution in [0, 0.1) is 0 Å². The quantitative estimate of drug-likeness (QED) is 0.521. The maximum absolute atomic E-state index is 12.0. The maximum Gasteiger partial charge on any atom is 0.227 e. The molecule has 2 aromatic carbocycles. The summed E-state index contributed by atoms with van der Waals surface area (Å²) in [5.41, 5.74) is 3.65. The number of nitrogens with zero attached hydrogens (tertiary/aromatic N) is 3. The number of anilines is 2. The van der Waals surface area contributed by atoms with Gasteiger partial charge in [0.05, 0.1) is 18.7 Å². The zero-order valence-electron chi connectivity index (χ0n) is 17.6. The van der Waals surface area contributed by atoms with Gasteiger partial charge in [-0.25, -0.2) is 0 Å². The van der Waals surface area contributed by atoms with Gasteiger partial charge in [0, 0.05) is 36.7 Å². The van der Waals surface area contributed by atoms with Crippen LogP contribution in [0.3, 0.4) is 0 Å². The zero-order valence-corrected chi connectivity index (χ0v) is 17.6. The number of rotatable bonds is 8. The molecule has 3 N–H and O–H groups in total. The van der Waals surface area contributed by atoms with E-state index >= 15 is 0 Å². The van der Waals surface area contributed by atoms with Crippen molar-refractivity contribution in [1.29, 1.82) is 0 Å². The highest BCUT2D eigenvalue weighted by Crippen LogP contribution is 2.28. The van der Waals surface area contributed by atoms with Crippen molar-refractivity contribution in [2.45, 2.75) is 44.6 Å². The molecule has 1 amide bonds. The smallest absolute Gasteiger partial charge is 0.227 e. The van der Waals surface area contributed by atoms with Crippen molar-refractivity contribution in [3.05, 3.63) is 78.1 Å². The average Bonchev–Trinajstić information content (AvgIpc) is 3.44. The Morgan fingerprint density at radius 3 is 2.42 bits per heavy atom. The highest BCUT2D eigenvalue weighted by molar-refractivity contribution is 5.95. The monoisotopic (exact) mass is 420 g/mol. The molecule has 162 valence electrons. The van der Waals surface area contributed by atoms with Crippen LogP contribution in [0.1, 0.15) is 36.9 Å². The van der Waals surface area contributed by atoms with Gasteiger partial charge in [-0.3, -0.25) is 9.48 Å². The van der Waals surface area contributed by atoms with Crippen LogP contribution >= 0.6 is 0 Å². The van der Waals surface area contributed by atoms with Crippen molar-refractivity contribution in [3.8, 4) is 0 Å². The van der Waals surface area contributed by atoms with E-state index in [1.54, 1.807) is 18.0 Å². The summed E-state index contributed by atoms with van der Waals surface area (Å²) in [6, 6.07) is 16.9. The number of aliphatic hydroxyl groups excluding tert-OH is 2. The molecule has 0 aliphatic carbocycles. The summed E-state index contributed by atoms with van der Waals surface area (Å²) < 4.78 is 1.85. The maximum atomic E-state index is 12.0. The van der Waals surface area contributed by atoms with Crippen molar-refractivity contribution in [2.24, 2.45) is 0 Å².